The number of hydrogen-bond donors (Lipinski definition) is 0. The Hall–Kier alpha value is -2.15. The molecule has 4 heterocycles. The van der Waals surface area contributed by atoms with Crippen molar-refractivity contribution in [2.75, 3.05) is 37.7 Å². The maximum atomic E-state index is 12.8. The van der Waals surface area contributed by atoms with Crippen LogP contribution in [0.25, 0.3) is 11.0 Å². The molecule has 2 fully saturated rings. The molecule has 0 aromatic carbocycles. The third-order valence-electron chi connectivity index (χ3n) is 6.76. The number of likely N-dealkylation sites (tertiary alicyclic amines) is 1. The van der Waals surface area contributed by atoms with Crippen LogP contribution in [0.3, 0.4) is 0 Å². The summed E-state index contributed by atoms with van der Waals surface area (Å²) in [6.07, 6.45) is 8.03. The predicted octanol–water partition coefficient (Wildman–Crippen LogP) is 3.54. The number of carbonyl (C=O) groups excluding carboxylic acids is 1. The van der Waals surface area contributed by atoms with E-state index in [1.54, 1.807) is 10.9 Å². The number of anilines is 1. The molecule has 2 aromatic heterocycles. The van der Waals surface area contributed by atoms with Crippen LogP contribution in [-0.2, 0) is 11.8 Å². The van der Waals surface area contributed by atoms with Crippen LogP contribution in [-0.4, -0.2) is 64.5 Å². The van der Waals surface area contributed by atoms with Gasteiger partial charge in [-0.3, -0.25) is 4.68 Å². The van der Waals surface area contributed by atoms with E-state index in [0.717, 1.165) is 48.5 Å². The first kappa shape index (κ1) is 21.1. The van der Waals surface area contributed by atoms with Crippen molar-refractivity contribution in [2.45, 2.75) is 58.9 Å². The first-order valence-corrected chi connectivity index (χ1v) is 11.5. The highest BCUT2D eigenvalue weighted by Gasteiger charge is 2.30. The van der Waals surface area contributed by atoms with Crippen molar-refractivity contribution in [1.29, 1.82) is 0 Å². The van der Waals surface area contributed by atoms with Gasteiger partial charge in [0.05, 0.1) is 23.4 Å². The zero-order chi connectivity index (χ0) is 21.3. The smallest absolute Gasteiger partial charge is 0.341 e. The standard InChI is InChI=1S/C23H35N5O2/c1-5-30-23(29)19-13-24-22-20(17(3)25-26(22)4)21(19)28-12-8-10-18(15-28)14-27-11-7-6-9-16(27)2/h13,16,18H,5-12,14-15H2,1-4H3. The van der Waals surface area contributed by atoms with Crippen LogP contribution in [0.1, 0.15) is 62.0 Å². The molecule has 0 N–H and O–H groups in total. The number of pyridine rings is 1. The average molecular weight is 414 g/mol. The second-order valence-electron chi connectivity index (χ2n) is 8.94. The summed E-state index contributed by atoms with van der Waals surface area (Å²) >= 11 is 0. The molecule has 2 saturated heterocycles. The molecular weight excluding hydrogens is 378 g/mol. The molecule has 2 aliphatic heterocycles. The van der Waals surface area contributed by atoms with E-state index < -0.39 is 0 Å². The van der Waals surface area contributed by atoms with Crippen LogP contribution in [0, 0.1) is 12.8 Å². The normalized spacial score (nSPS) is 23.1. The van der Waals surface area contributed by atoms with Crippen molar-refractivity contribution < 1.29 is 9.53 Å². The molecule has 0 spiro atoms. The van der Waals surface area contributed by atoms with Gasteiger partial charge in [0, 0.05) is 38.9 Å². The zero-order valence-electron chi connectivity index (χ0n) is 18.9. The molecule has 7 nitrogen and oxygen atoms in total. The molecule has 0 amide bonds. The molecule has 0 aliphatic carbocycles. The first-order valence-electron chi connectivity index (χ1n) is 11.5. The van der Waals surface area contributed by atoms with Crippen molar-refractivity contribution in [3.63, 3.8) is 0 Å². The Kier molecular flexibility index (Phi) is 6.27. The molecule has 2 unspecified atom stereocenters. The van der Waals surface area contributed by atoms with E-state index in [4.69, 9.17) is 4.74 Å². The van der Waals surface area contributed by atoms with Gasteiger partial charge in [-0.25, -0.2) is 9.78 Å². The van der Waals surface area contributed by atoms with Crippen LogP contribution in [0.2, 0.25) is 0 Å². The highest BCUT2D eigenvalue weighted by Crippen LogP contribution is 2.35. The van der Waals surface area contributed by atoms with Gasteiger partial charge >= 0.3 is 5.97 Å². The number of ether oxygens (including phenoxy) is 1. The van der Waals surface area contributed by atoms with E-state index >= 15 is 0 Å². The molecule has 164 valence electrons. The highest BCUT2D eigenvalue weighted by atomic mass is 16.5. The summed E-state index contributed by atoms with van der Waals surface area (Å²) in [5.74, 6) is 0.312. The van der Waals surface area contributed by atoms with Gasteiger partial charge in [0.2, 0.25) is 0 Å². The lowest BCUT2D eigenvalue weighted by atomic mass is 9.93. The second kappa shape index (κ2) is 8.92. The predicted molar refractivity (Wildman–Crippen MR) is 119 cm³/mol. The van der Waals surface area contributed by atoms with Crippen molar-refractivity contribution in [2.24, 2.45) is 13.0 Å². The lowest BCUT2D eigenvalue weighted by Gasteiger charge is -2.40. The van der Waals surface area contributed by atoms with Crippen molar-refractivity contribution in [3.8, 4) is 0 Å². The lowest BCUT2D eigenvalue weighted by Crippen LogP contribution is -2.45. The summed E-state index contributed by atoms with van der Waals surface area (Å²) in [6, 6.07) is 0.678. The van der Waals surface area contributed by atoms with Gasteiger partial charge in [0.15, 0.2) is 5.65 Å². The van der Waals surface area contributed by atoms with Gasteiger partial charge in [-0.05, 0) is 58.9 Å². The molecular formula is C23H35N5O2. The van der Waals surface area contributed by atoms with E-state index in [2.05, 4.69) is 26.8 Å². The van der Waals surface area contributed by atoms with Gasteiger partial charge in [0.25, 0.3) is 0 Å². The lowest BCUT2D eigenvalue weighted by molar-refractivity contribution is 0.0526. The average Bonchev–Trinajstić information content (AvgIpc) is 3.03. The fourth-order valence-electron chi connectivity index (χ4n) is 5.26. The Morgan fingerprint density at radius 1 is 1.23 bits per heavy atom. The number of hydrogen-bond acceptors (Lipinski definition) is 6. The summed E-state index contributed by atoms with van der Waals surface area (Å²) < 4.78 is 7.18. The summed E-state index contributed by atoms with van der Waals surface area (Å²) in [6.45, 7) is 10.8. The molecule has 2 aliphatic rings. The quantitative estimate of drug-likeness (QED) is 0.699. The fraction of sp³-hybridized carbons (Fsp3) is 0.696. The Labute approximate surface area is 179 Å². The summed E-state index contributed by atoms with van der Waals surface area (Å²) in [4.78, 5) is 22.4. The largest absolute Gasteiger partial charge is 0.462 e. The monoisotopic (exact) mass is 413 g/mol. The number of piperidine rings is 2. The molecule has 0 radical (unpaired) electrons. The molecule has 0 bridgehead atoms. The maximum Gasteiger partial charge on any atom is 0.341 e. The minimum Gasteiger partial charge on any atom is -0.462 e. The van der Waals surface area contributed by atoms with Gasteiger partial charge in [-0.15, -0.1) is 0 Å². The van der Waals surface area contributed by atoms with E-state index in [1.165, 1.54) is 32.2 Å². The van der Waals surface area contributed by atoms with Gasteiger partial charge in [0.1, 0.15) is 5.56 Å². The van der Waals surface area contributed by atoms with Crippen LogP contribution in [0.15, 0.2) is 6.20 Å². The third kappa shape index (κ3) is 4.04. The Balaban J connectivity index is 1.66. The van der Waals surface area contributed by atoms with E-state index in [-0.39, 0.29) is 5.97 Å². The van der Waals surface area contributed by atoms with Crippen LogP contribution in [0.5, 0.6) is 0 Å². The molecule has 4 rings (SSSR count). The molecule has 30 heavy (non-hydrogen) atoms. The van der Waals surface area contributed by atoms with Crippen molar-refractivity contribution >= 4 is 22.7 Å². The number of rotatable bonds is 5. The fourth-order valence-corrected chi connectivity index (χ4v) is 5.26. The highest BCUT2D eigenvalue weighted by molar-refractivity contribution is 6.05. The maximum absolute atomic E-state index is 12.8. The number of aryl methyl sites for hydroxylation is 2. The van der Waals surface area contributed by atoms with Crippen LogP contribution < -0.4 is 4.90 Å². The van der Waals surface area contributed by atoms with Crippen LogP contribution >= 0.6 is 0 Å². The minimum absolute atomic E-state index is 0.295. The van der Waals surface area contributed by atoms with E-state index in [1.807, 2.05) is 20.9 Å². The van der Waals surface area contributed by atoms with Gasteiger partial charge in [-0.1, -0.05) is 6.42 Å². The van der Waals surface area contributed by atoms with Crippen molar-refractivity contribution in [3.05, 3.63) is 17.5 Å². The first-order chi connectivity index (χ1) is 14.5. The number of esters is 1. The molecule has 2 aromatic rings. The van der Waals surface area contributed by atoms with Crippen LogP contribution in [0.4, 0.5) is 5.69 Å². The summed E-state index contributed by atoms with van der Waals surface area (Å²) in [7, 11) is 1.91. The van der Waals surface area contributed by atoms with Gasteiger partial charge < -0.3 is 14.5 Å². The molecule has 0 saturated carbocycles. The second-order valence-corrected chi connectivity index (χ2v) is 8.94. The number of fused-ring (bicyclic) bond motifs is 1. The van der Waals surface area contributed by atoms with Crippen molar-refractivity contribution in [1.82, 2.24) is 19.7 Å². The molecule has 2 atom stereocenters. The third-order valence-corrected chi connectivity index (χ3v) is 6.76. The Morgan fingerprint density at radius 3 is 2.83 bits per heavy atom. The number of aromatic nitrogens is 3. The van der Waals surface area contributed by atoms with E-state index in [0.29, 0.717) is 24.1 Å². The minimum atomic E-state index is -0.295. The molecule has 7 heteroatoms. The Morgan fingerprint density at radius 2 is 2.07 bits per heavy atom. The Bertz CT molecular complexity index is 909. The van der Waals surface area contributed by atoms with E-state index in [9.17, 15) is 4.79 Å². The summed E-state index contributed by atoms with van der Waals surface area (Å²) in [5, 5.41) is 5.56. The van der Waals surface area contributed by atoms with Gasteiger partial charge in [-0.2, -0.15) is 5.10 Å². The SMILES string of the molecule is CCOC(=O)c1cnc2c(c(C)nn2C)c1N1CCCC(CN2CCCCC2C)C1. The number of nitrogens with zero attached hydrogens (tertiary/aromatic N) is 5. The zero-order valence-corrected chi connectivity index (χ0v) is 18.9. The topological polar surface area (TPSA) is 63.5 Å². The summed E-state index contributed by atoms with van der Waals surface area (Å²) in [5.41, 5.74) is 3.25. The number of carbonyl (C=O) groups is 1.